The zero-order valence-electron chi connectivity index (χ0n) is 25.4. The van der Waals surface area contributed by atoms with Gasteiger partial charge in [-0.1, -0.05) is 72.6 Å². The Bertz CT molecular complexity index is 1320. The van der Waals surface area contributed by atoms with Crippen molar-refractivity contribution in [3.05, 3.63) is 107 Å². The van der Waals surface area contributed by atoms with Crippen LogP contribution < -0.4 is 5.32 Å². The van der Waals surface area contributed by atoms with Gasteiger partial charge in [-0.15, -0.1) is 0 Å². The van der Waals surface area contributed by atoms with Crippen LogP contribution in [0.1, 0.15) is 50.8 Å². The molecule has 0 saturated carbocycles. The lowest BCUT2D eigenvalue weighted by Gasteiger charge is -2.37. The summed E-state index contributed by atoms with van der Waals surface area (Å²) < 4.78 is 9.64. The van der Waals surface area contributed by atoms with Gasteiger partial charge in [0, 0.05) is 19.1 Å². The van der Waals surface area contributed by atoms with Gasteiger partial charge in [0.25, 0.3) is 0 Å². The number of piperidine rings is 1. The van der Waals surface area contributed by atoms with Crippen molar-refractivity contribution >= 4 is 23.9 Å². The fourth-order valence-corrected chi connectivity index (χ4v) is 4.73. The van der Waals surface area contributed by atoms with Crippen LogP contribution in [0.5, 0.6) is 0 Å². The molecule has 1 saturated heterocycles. The van der Waals surface area contributed by atoms with E-state index in [0.29, 0.717) is 6.04 Å². The zero-order valence-corrected chi connectivity index (χ0v) is 25.4. The van der Waals surface area contributed by atoms with Crippen LogP contribution in [-0.2, 0) is 25.6 Å². The Morgan fingerprint density at radius 2 is 1.25 bits per heavy atom. The highest BCUT2D eigenvalue weighted by molar-refractivity contribution is 5.95. The van der Waals surface area contributed by atoms with Crippen LogP contribution in [0.2, 0.25) is 0 Å². The number of likely N-dealkylation sites (tertiary alicyclic amines) is 1. The van der Waals surface area contributed by atoms with E-state index < -0.39 is 36.1 Å². The van der Waals surface area contributed by atoms with E-state index >= 15 is 0 Å². The molecule has 10 heteroatoms. The predicted molar refractivity (Wildman–Crippen MR) is 164 cm³/mol. The maximum atomic E-state index is 12.2. The molecule has 44 heavy (non-hydrogen) atoms. The average Bonchev–Trinajstić information content (AvgIpc) is 3.01. The first-order chi connectivity index (χ1) is 21.0. The van der Waals surface area contributed by atoms with Gasteiger partial charge in [-0.2, -0.15) is 0 Å². The Balaban J connectivity index is 0.000000278. The highest BCUT2D eigenvalue weighted by Crippen LogP contribution is 2.19. The van der Waals surface area contributed by atoms with Crippen molar-refractivity contribution in [3.63, 3.8) is 0 Å². The summed E-state index contributed by atoms with van der Waals surface area (Å²) in [5.74, 6) is -4.82. The fraction of sp³-hybridized carbons (Fsp3) is 0.353. The molecule has 10 nitrogen and oxygen atoms in total. The standard InChI is InChI=1S/C20H18O8.C14H22N2/c1-11-3-7-13(8-4-11)19(25)27-15(17(21)22)16(18(23)24)28-20(26)14-9-5-12(2)6-10-14;1-12-8-9-16(11-14(12)15-2)10-13-6-4-3-5-7-13/h3-10,15-16H,1-2H3,(H,21,22)(H,23,24);3-7,12,14-15H,8-11H2,1-2H3/t15-,16-;12-,14+/m00/s1. The first kappa shape index (κ1) is 34.0. The molecular formula is C34H40N2O8. The number of carbonyl (C=O) groups is 4. The minimum Gasteiger partial charge on any atom is -0.478 e. The van der Waals surface area contributed by atoms with Gasteiger partial charge < -0.3 is 25.0 Å². The molecule has 0 bridgehead atoms. The number of carbonyl (C=O) groups excluding carboxylic acids is 2. The Kier molecular flexibility index (Phi) is 12.6. The van der Waals surface area contributed by atoms with Crippen molar-refractivity contribution in [2.24, 2.45) is 5.92 Å². The number of hydrogen-bond donors (Lipinski definition) is 3. The number of nitrogens with one attached hydrogen (secondary N) is 1. The number of nitrogens with zero attached hydrogens (tertiary/aromatic N) is 1. The number of benzene rings is 3. The van der Waals surface area contributed by atoms with Gasteiger partial charge in [0.15, 0.2) is 0 Å². The van der Waals surface area contributed by atoms with Crippen LogP contribution in [-0.4, -0.2) is 77.4 Å². The van der Waals surface area contributed by atoms with Crippen molar-refractivity contribution in [2.75, 3.05) is 20.1 Å². The molecule has 1 aliphatic rings. The molecule has 1 heterocycles. The number of hydrogen-bond acceptors (Lipinski definition) is 8. The van der Waals surface area contributed by atoms with Gasteiger partial charge in [-0.3, -0.25) is 4.90 Å². The van der Waals surface area contributed by atoms with Crippen molar-refractivity contribution in [1.82, 2.24) is 10.2 Å². The van der Waals surface area contributed by atoms with Crippen LogP contribution in [0.3, 0.4) is 0 Å². The van der Waals surface area contributed by atoms with E-state index in [1.807, 2.05) is 0 Å². The first-order valence-electron chi connectivity index (χ1n) is 14.4. The van der Waals surface area contributed by atoms with E-state index in [9.17, 15) is 29.4 Å². The molecule has 3 N–H and O–H groups in total. The minimum atomic E-state index is -2.22. The summed E-state index contributed by atoms with van der Waals surface area (Å²) in [6.07, 6.45) is -3.14. The monoisotopic (exact) mass is 604 g/mol. The Morgan fingerprint density at radius 3 is 1.66 bits per heavy atom. The summed E-state index contributed by atoms with van der Waals surface area (Å²) in [7, 11) is 2.08. The molecule has 4 atom stereocenters. The van der Waals surface area contributed by atoms with E-state index in [1.54, 1.807) is 38.1 Å². The summed E-state index contributed by atoms with van der Waals surface area (Å²) in [5, 5.41) is 22.1. The number of esters is 2. The zero-order chi connectivity index (χ0) is 32.2. The van der Waals surface area contributed by atoms with Crippen molar-refractivity contribution in [3.8, 4) is 0 Å². The van der Waals surface area contributed by atoms with Crippen molar-refractivity contribution in [2.45, 2.75) is 52.0 Å². The van der Waals surface area contributed by atoms with E-state index in [1.165, 1.54) is 49.3 Å². The molecule has 3 aromatic rings. The van der Waals surface area contributed by atoms with E-state index in [0.717, 1.165) is 23.6 Å². The normalized spacial score (nSPS) is 17.7. The molecule has 0 radical (unpaired) electrons. The summed E-state index contributed by atoms with van der Waals surface area (Å²) in [6.45, 7) is 9.42. The number of aliphatic carboxylic acids is 2. The molecule has 0 unspecified atom stereocenters. The maximum Gasteiger partial charge on any atom is 0.349 e. The number of carboxylic acids is 2. The van der Waals surface area contributed by atoms with Gasteiger partial charge in [0.2, 0.25) is 12.2 Å². The summed E-state index contributed by atoms with van der Waals surface area (Å²) >= 11 is 0. The Morgan fingerprint density at radius 1 is 0.795 bits per heavy atom. The number of carboxylic acid groups (broad SMARTS) is 2. The predicted octanol–water partition coefficient (Wildman–Crippen LogP) is 4.34. The molecule has 4 rings (SSSR count). The lowest BCUT2D eigenvalue weighted by atomic mass is 9.93. The smallest absolute Gasteiger partial charge is 0.349 e. The molecular weight excluding hydrogens is 564 g/mol. The minimum absolute atomic E-state index is 0.0332. The fourth-order valence-electron chi connectivity index (χ4n) is 4.73. The Labute approximate surface area is 257 Å². The van der Waals surface area contributed by atoms with Crippen LogP contribution in [0, 0.1) is 19.8 Å². The molecule has 1 aliphatic heterocycles. The summed E-state index contributed by atoms with van der Waals surface area (Å²) in [6, 6.07) is 23.5. The van der Waals surface area contributed by atoms with E-state index in [4.69, 9.17) is 9.47 Å². The molecule has 0 aromatic heterocycles. The van der Waals surface area contributed by atoms with Gasteiger partial charge in [0.1, 0.15) is 0 Å². The molecule has 0 aliphatic carbocycles. The number of likely N-dealkylation sites (N-methyl/N-ethyl adjacent to an activating group) is 1. The largest absolute Gasteiger partial charge is 0.478 e. The molecule has 0 amide bonds. The quantitative estimate of drug-likeness (QED) is 0.286. The summed E-state index contributed by atoms with van der Waals surface area (Å²) in [4.78, 5) is 49.9. The van der Waals surface area contributed by atoms with Gasteiger partial charge in [-0.25, -0.2) is 19.2 Å². The van der Waals surface area contributed by atoms with E-state index in [-0.39, 0.29) is 11.1 Å². The topological polar surface area (TPSA) is 142 Å². The van der Waals surface area contributed by atoms with Gasteiger partial charge in [0.05, 0.1) is 11.1 Å². The molecule has 0 spiro atoms. The third kappa shape index (κ3) is 10.0. The van der Waals surface area contributed by atoms with Crippen molar-refractivity contribution in [1.29, 1.82) is 0 Å². The van der Waals surface area contributed by atoms with Gasteiger partial charge >= 0.3 is 23.9 Å². The first-order valence-corrected chi connectivity index (χ1v) is 14.4. The lowest BCUT2D eigenvalue weighted by molar-refractivity contribution is -0.166. The van der Waals surface area contributed by atoms with Gasteiger partial charge in [-0.05, 0) is 69.6 Å². The number of rotatable bonds is 10. The maximum absolute atomic E-state index is 12.2. The highest BCUT2D eigenvalue weighted by Gasteiger charge is 2.41. The van der Waals surface area contributed by atoms with Crippen LogP contribution >= 0.6 is 0 Å². The second kappa shape index (κ2) is 16.3. The lowest BCUT2D eigenvalue weighted by Crippen LogP contribution is -2.48. The third-order valence-corrected chi connectivity index (χ3v) is 7.47. The van der Waals surface area contributed by atoms with Crippen LogP contribution in [0.4, 0.5) is 0 Å². The van der Waals surface area contributed by atoms with E-state index in [2.05, 4.69) is 54.5 Å². The SMILES string of the molecule is CN[C@@H]1CN(Cc2ccccc2)CC[C@@H]1C.Cc1ccc(C(=O)O[C@H](C(=O)O)[C@H](OC(=O)c2ccc(C)cc2)C(=O)O)cc1. The Hall–Kier alpha value is -4.54. The number of aryl methyl sites for hydroxylation is 2. The second-order valence-corrected chi connectivity index (χ2v) is 10.9. The van der Waals surface area contributed by atoms with Crippen LogP contribution in [0.15, 0.2) is 78.9 Å². The van der Waals surface area contributed by atoms with Crippen LogP contribution in [0.25, 0.3) is 0 Å². The second-order valence-electron chi connectivity index (χ2n) is 10.9. The molecule has 3 aromatic carbocycles. The average molecular weight is 605 g/mol. The summed E-state index contributed by atoms with van der Waals surface area (Å²) in [5.41, 5.74) is 3.21. The number of ether oxygens (including phenoxy) is 2. The molecule has 234 valence electrons. The molecule has 1 fully saturated rings. The third-order valence-electron chi connectivity index (χ3n) is 7.47. The highest BCUT2D eigenvalue weighted by atomic mass is 16.6. The van der Waals surface area contributed by atoms with Crippen molar-refractivity contribution < 1.29 is 38.9 Å².